The second kappa shape index (κ2) is 7.66. The summed E-state index contributed by atoms with van der Waals surface area (Å²) in [5.74, 6) is 0. The van der Waals surface area contributed by atoms with Crippen molar-refractivity contribution in [1.29, 1.82) is 0 Å². The lowest BCUT2D eigenvalue weighted by molar-refractivity contribution is 0.178. The summed E-state index contributed by atoms with van der Waals surface area (Å²) in [4.78, 5) is 0. The van der Waals surface area contributed by atoms with E-state index >= 15 is 0 Å². The fourth-order valence-electron chi connectivity index (χ4n) is 0.813. The second-order valence-electron chi connectivity index (χ2n) is 3.21. The maximum absolute atomic E-state index is 5.33. The molecule has 0 fully saturated rings. The molecule has 1 nitrogen and oxygen atoms in total. The highest BCUT2D eigenvalue weighted by molar-refractivity contribution is 9.11. The number of ether oxygens (including phenoxy) is 1. The number of allylic oxidation sites excluding steroid dienone is 1. The van der Waals surface area contributed by atoms with Crippen molar-refractivity contribution in [3.8, 4) is 0 Å². The smallest absolute Gasteiger partial charge is 0.0934 e. The van der Waals surface area contributed by atoms with Crippen molar-refractivity contribution in [3.05, 3.63) is 10.7 Å². The van der Waals surface area contributed by atoms with Crippen LogP contribution in [0.3, 0.4) is 0 Å². The molecule has 0 atom stereocenters. The van der Waals surface area contributed by atoms with Crippen LogP contribution in [0.5, 0.6) is 0 Å². The largest absolute Gasteiger partial charge is 0.498 e. The number of hydrogen-bond donors (Lipinski definition) is 0. The number of unbranched alkanes of at least 4 members (excludes halogenated alkanes) is 2. The summed E-state index contributed by atoms with van der Waals surface area (Å²) in [6, 6.07) is 0. The van der Waals surface area contributed by atoms with Crippen molar-refractivity contribution >= 4 is 15.9 Å². The molecule has 0 aromatic carbocycles. The van der Waals surface area contributed by atoms with Crippen molar-refractivity contribution in [2.24, 2.45) is 0 Å². The van der Waals surface area contributed by atoms with Crippen LogP contribution in [-0.2, 0) is 4.74 Å². The molecule has 0 unspecified atom stereocenters. The fraction of sp³-hybridized carbons (Fsp3) is 0.800. The molecule has 0 amide bonds. The van der Waals surface area contributed by atoms with Crippen molar-refractivity contribution in [3.63, 3.8) is 0 Å². The van der Waals surface area contributed by atoms with Gasteiger partial charge in [0.15, 0.2) is 0 Å². The molecule has 0 aliphatic carbocycles. The first-order valence-corrected chi connectivity index (χ1v) is 5.46. The zero-order valence-electron chi connectivity index (χ0n) is 8.27. The molecule has 2 heteroatoms. The topological polar surface area (TPSA) is 9.23 Å². The van der Waals surface area contributed by atoms with Crippen LogP contribution in [0.2, 0.25) is 0 Å². The molecule has 0 rings (SSSR count). The molecule has 72 valence electrons. The molecule has 0 spiro atoms. The van der Waals surface area contributed by atoms with E-state index in [1.807, 2.05) is 20.1 Å². The standard InChI is InChI=1S/C10H19BrO/c1-4-5-6-7-10(11)8-12-9(2)3/h8-9H,4-7H2,1-3H3/b10-8-. The van der Waals surface area contributed by atoms with Gasteiger partial charge in [0.1, 0.15) is 0 Å². The minimum Gasteiger partial charge on any atom is -0.498 e. The van der Waals surface area contributed by atoms with Gasteiger partial charge in [0.2, 0.25) is 0 Å². The average Bonchev–Trinajstić information content (AvgIpc) is 2.01. The quantitative estimate of drug-likeness (QED) is 0.494. The van der Waals surface area contributed by atoms with Crippen LogP contribution < -0.4 is 0 Å². The van der Waals surface area contributed by atoms with Crippen molar-refractivity contribution in [1.82, 2.24) is 0 Å². The van der Waals surface area contributed by atoms with Crippen LogP contribution in [0, 0.1) is 0 Å². The minimum atomic E-state index is 0.281. The van der Waals surface area contributed by atoms with Gasteiger partial charge in [0.05, 0.1) is 12.4 Å². The van der Waals surface area contributed by atoms with Gasteiger partial charge in [-0.15, -0.1) is 0 Å². The molecule has 0 aliphatic rings. The van der Waals surface area contributed by atoms with Gasteiger partial charge < -0.3 is 4.74 Å². The summed E-state index contributed by atoms with van der Waals surface area (Å²) in [5.41, 5.74) is 0. The molecular formula is C10H19BrO. The third kappa shape index (κ3) is 8.12. The third-order valence-electron chi connectivity index (χ3n) is 1.49. The summed E-state index contributed by atoms with van der Waals surface area (Å²) in [7, 11) is 0. The Hall–Kier alpha value is 0.0200. The van der Waals surface area contributed by atoms with Crippen LogP contribution in [0.25, 0.3) is 0 Å². The van der Waals surface area contributed by atoms with Crippen molar-refractivity contribution in [2.45, 2.75) is 52.6 Å². The van der Waals surface area contributed by atoms with Crippen LogP contribution in [-0.4, -0.2) is 6.10 Å². The van der Waals surface area contributed by atoms with Crippen molar-refractivity contribution in [2.75, 3.05) is 0 Å². The highest BCUT2D eigenvalue weighted by Gasteiger charge is 1.94. The van der Waals surface area contributed by atoms with Gasteiger partial charge in [-0.1, -0.05) is 35.7 Å². The maximum atomic E-state index is 5.33. The molecule has 12 heavy (non-hydrogen) atoms. The lowest BCUT2D eigenvalue weighted by Crippen LogP contribution is -1.95. The second-order valence-corrected chi connectivity index (χ2v) is 4.23. The lowest BCUT2D eigenvalue weighted by atomic mass is 10.2. The molecule has 0 aromatic heterocycles. The van der Waals surface area contributed by atoms with Crippen LogP contribution in [0.4, 0.5) is 0 Å². The van der Waals surface area contributed by atoms with Gasteiger partial charge in [-0.2, -0.15) is 0 Å². The highest BCUT2D eigenvalue weighted by atomic mass is 79.9. The Morgan fingerprint density at radius 3 is 2.58 bits per heavy atom. The summed E-state index contributed by atoms with van der Waals surface area (Å²) in [5, 5.41) is 0. The Morgan fingerprint density at radius 1 is 1.42 bits per heavy atom. The first kappa shape index (κ1) is 12.0. The molecule has 0 radical (unpaired) electrons. The van der Waals surface area contributed by atoms with Gasteiger partial charge in [0, 0.05) is 4.48 Å². The van der Waals surface area contributed by atoms with E-state index in [9.17, 15) is 0 Å². The van der Waals surface area contributed by atoms with Crippen molar-refractivity contribution < 1.29 is 4.74 Å². The first-order valence-electron chi connectivity index (χ1n) is 4.66. The average molecular weight is 235 g/mol. The van der Waals surface area contributed by atoms with Gasteiger partial charge in [0.25, 0.3) is 0 Å². The molecule has 0 saturated heterocycles. The third-order valence-corrected chi connectivity index (χ3v) is 2.07. The fourth-order valence-corrected chi connectivity index (χ4v) is 1.20. The normalized spacial score (nSPS) is 12.2. The van der Waals surface area contributed by atoms with Crippen LogP contribution in [0.15, 0.2) is 10.7 Å². The Bertz CT molecular complexity index is 130. The monoisotopic (exact) mass is 234 g/mol. The van der Waals surface area contributed by atoms with E-state index in [1.54, 1.807) is 0 Å². The molecule has 0 saturated carbocycles. The van der Waals surface area contributed by atoms with E-state index in [4.69, 9.17) is 4.74 Å². The Kier molecular flexibility index (Phi) is 7.67. The predicted molar refractivity (Wildman–Crippen MR) is 57.4 cm³/mol. The lowest BCUT2D eigenvalue weighted by Gasteiger charge is -2.05. The Labute approximate surface area is 84.3 Å². The van der Waals surface area contributed by atoms with Gasteiger partial charge in [-0.3, -0.25) is 0 Å². The zero-order valence-corrected chi connectivity index (χ0v) is 9.86. The molecule has 0 heterocycles. The summed E-state index contributed by atoms with van der Waals surface area (Å²) in [6.07, 6.45) is 7.01. The van der Waals surface area contributed by atoms with Crippen LogP contribution in [0.1, 0.15) is 46.5 Å². The van der Waals surface area contributed by atoms with Gasteiger partial charge >= 0.3 is 0 Å². The molecule has 0 N–H and O–H groups in total. The van der Waals surface area contributed by atoms with E-state index < -0.39 is 0 Å². The molecule has 0 bridgehead atoms. The summed E-state index contributed by atoms with van der Waals surface area (Å²) < 4.78 is 6.50. The first-order chi connectivity index (χ1) is 5.66. The van der Waals surface area contributed by atoms with E-state index in [0.29, 0.717) is 0 Å². The Morgan fingerprint density at radius 2 is 2.08 bits per heavy atom. The number of hydrogen-bond acceptors (Lipinski definition) is 1. The zero-order chi connectivity index (χ0) is 9.40. The maximum Gasteiger partial charge on any atom is 0.0934 e. The SMILES string of the molecule is CCCCC/C(Br)=C/OC(C)C. The minimum absolute atomic E-state index is 0.281. The highest BCUT2D eigenvalue weighted by Crippen LogP contribution is 2.15. The Balaban J connectivity index is 3.42. The molecule has 0 aliphatic heterocycles. The van der Waals surface area contributed by atoms with E-state index in [1.165, 1.54) is 23.7 Å². The van der Waals surface area contributed by atoms with Gasteiger partial charge in [-0.05, 0) is 26.7 Å². The summed E-state index contributed by atoms with van der Waals surface area (Å²) >= 11 is 3.47. The predicted octanol–water partition coefficient (Wildman–Crippen LogP) is 4.23. The molecular weight excluding hydrogens is 216 g/mol. The van der Waals surface area contributed by atoms with E-state index in [2.05, 4.69) is 22.9 Å². The number of rotatable bonds is 6. The van der Waals surface area contributed by atoms with Gasteiger partial charge in [-0.25, -0.2) is 0 Å². The van der Waals surface area contributed by atoms with E-state index in [-0.39, 0.29) is 6.10 Å². The molecule has 0 aromatic rings. The number of halogens is 1. The van der Waals surface area contributed by atoms with E-state index in [0.717, 1.165) is 6.42 Å². The van der Waals surface area contributed by atoms with Crippen LogP contribution >= 0.6 is 15.9 Å². The summed E-state index contributed by atoms with van der Waals surface area (Å²) in [6.45, 7) is 6.27.